The minimum Gasteiger partial charge on any atom is -0.302 e. The van der Waals surface area contributed by atoms with Gasteiger partial charge < -0.3 is 10.3 Å². The number of fused-ring (bicyclic) bond motifs is 1. The molecule has 0 spiro atoms. The summed E-state index contributed by atoms with van der Waals surface area (Å²) >= 11 is 3.49. The van der Waals surface area contributed by atoms with E-state index in [0.29, 0.717) is 12.0 Å². The smallest absolute Gasteiger partial charge is 0.0782 e. The van der Waals surface area contributed by atoms with Crippen molar-refractivity contribution in [2.45, 2.75) is 19.4 Å². The molecule has 1 fully saturated rings. The van der Waals surface area contributed by atoms with E-state index in [1.165, 1.54) is 11.3 Å². The lowest BCUT2D eigenvalue weighted by Crippen LogP contribution is -2.41. The summed E-state index contributed by atoms with van der Waals surface area (Å²) in [6.45, 7) is 5.65. The number of nitrogens with one attached hydrogen (secondary N) is 1. The Morgan fingerprint density at radius 1 is 1.39 bits per heavy atom. The number of nitrogens with zero attached hydrogens (tertiary/aromatic N) is 2. The molecule has 0 saturated carbocycles. The maximum atomic E-state index is 4.53. The average molecular weight is 308 g/mol. The zero-order valence-electron chi connectivity index (χ0n) is 10.6. The lowest BCUT2D eigenvalue weighted by Gasteiger charge is -2.32. The minimum atomic E-state index is 0.349. The van der Waals surface area contributed by atoms with Gasteiger partial charge in [0, 0.05) is 35.6 Å². The van der Waals surface area contributed by atoms with Crippen LogP contribution < -0.4 is 5.43 Å². The summed E-state index contributed by atoms with van der Waals surface area (Å²) in [6, 6.07) is 8.93. The molecule has 3 rings (SSSR count). The Balaban J connectivity index is 1.80. The van der Waals surface area contributed by atoms with E-state index >= 15 is 0 Å². The third kappa shape index (κ3) is 2.19. The van der Waals surface area contributed by atoms with Gasteiger partial charge in [0.15, 0.2) is 0 Å². The topological polar surface area (TPSA) is 27.6 Å². The molecule has 2 aliphatic rings. The molecule has 1 aromatic rings. The van der Waals surface area contributed by atoms with Crippen LogP contribution in [0.1, 0.15) is 24.9 Å². The fourth-order valence-corrected chi connectivity index (χ4v) is 3.14. The van der Waals surface area contributed by atoms with E-state index < -0.39 is 0 Å². The molecule has 1 N–H and O–H groups in total. The van der Waals surface area contributed by atoms with Crippen LogP contribution in [0.15, 0.2) is 33.8 Å². The lowest BCUT2D eigenvalue weighted by atomic mass is 9.86. The van der Waals surface area contributed by atoms with Gasteiger partial charge in [0.05, 0.1) is 6.04 Å². The van der Waals surface area contributed by atoms with E-state index in [0.717, 1.165) is 30.5 Å². The molecule has 0 aliphatic carbocycles. The van der Waals surface area contributed by atoms with Crippen LogP contribution in [0.5, 0.6) is 0 Å². The number of hydrazone groups is 1. The monoisotopic (exact) mass is 307 g/mol. The number of hydrogen-bond donors (Lipinski definition) is 1. The quantitative estimate of drug-likeness (QED) is 0.910. The van der Waals surface area contributed by atoms with Crippen LogP contribution in [0.25, 0.3) is 0 Å². The van der Waals surface area contributed by atoms with Crippen LogP contribution in [0.2, 0.25) is 0 Å². The number of likely N-dealkylation sites (tertiary alicyclic amines) is 1. The number of halogens is 1. The lowest BCUT2D eigenvalue weighted by molar-refractivity contribution is 0.238. The number of benzene rings is 1. The Bertz CT molecular complexity index is 455. The molecular formula is C14H18BrN3. The number of rotatable bonds is 2. The molecule has 0 aromatic heterocycles. The van der Waals surface area contributed by atoms with Gasteiger partial charge in [-0.3, -0.25) is 0 Å². The normalized spacial score (nSPS) is 27.6. The van der Waals surface area contributed by atoms with Crippen LogP contribution in [0, 0.1) is 5.92 Å². The van der Waals surface area contributed by atoms with E-state index in [2.05, 4.69) is 62.5 Å². The molecule has 2 atom stereocenters. The summed E-state index contributed by atoms with van der Waals surface area (Å²) < 4.78 is 1.13. The first-order valence-electron chi connectivity index (χ1n) is 6.57. The van der Waals surface area contributed by atoms with Crippen molar-refractivity contribution in [2.24, 2.45) is 11.0 Å². The first kappa shape index (κ1) is 12.2. The summed E-state index contributed by atoms with van der Waals surface area (Å²) in [4.78, 5) is 2.52. The number of piperidine rings is 1. The van der Waals surface area contributed by atoms with Crippen molar-refractivity contribution in [1.82, 2.24) is 10.3 Å². The molecule has 0 bridgehead atoms. The van der Waals surface area contributed by atoms with E-state index in [9.17, 15) is 0 Å². The van der Waals surface area contributed by atoms with Gasteiger partial charge in [0.1, 0.15) is 0 Å². The van der Waals surface area contributed by atoms with Gasteiger partial charge in [-0.2, -0.15) is 5.10 Å². The summed E-state index contributed by atoms with van der Waals surface area (Å²) in [7, 11) is 0. The second-order valence-corrected chi connectivity index (χ2v) is 5.93. The molecule has 0 radical (unpaired) electrons. The molecule has 2 aliphatic heterocycles. The van der Waals surface area contributed by atoms with Gasteiger partial charge >= 0.3 is 0 Å². The fraction of sp³-hybridized carbons (Fsp3) is 0.500. The maximum Gasteiger partial charge on any atom is 0.0782 e. The highest BCUT2D eigenvalue weighted by Gasteiger charge is 2.36. The zero-order chi connectivity index (χ0) is 12.5. The summed E-state index contributed by atoms with van der Waals surface area (Å²) in [5.41, 5.74) is 6.01. The summed E-state index contributed by atoms with van der Waals surface area (Å²) in [5, 5.41) is 4.53. The van der Waals surface area contributed by atoms with E-state index in [-0.39, 0.29) is 0 Å². The van der Waals surface area contributed by atoms with Crippen molar-refractivity contribution in [3.8, 4) is 0 Å². The van der Waals surface area contributed by atoms with Gasteiger partial charge in [0.25, 0.3) is 0 Å². The highest BCUT2D eigenvalue weighted by atomic mass is 79.9. The third-order valence-corrected chi connectivity index (χ3v) is 4.52. The van der Waals surface area contributed by atoms with Gasteiger partial charge in [-0.05, 0) is 24.2 Å². The SMILES string of the molecule is CCN1CCC2=NNC(c3ccc(Br)cc3)C2C1. The van der Waals surface area contributed by atoms with Crippen molar-refractivity contribution >= 4 is 21.6 Å². The van der Waals surface area contributed by atoms with Gasteiger partial charge in [0.2, 0.25) is 0 Å². The summed E-state index contributed by atoms with van der Waals surface area (Å²) in [5.74, 6) is 0.542. The molecule has 4 heteroatoms. The molecule has 1 aromatic carbocycles. The van der Waals surface area contributed by atoms with Crippen LogP contribution in [0.3, 0.4) is 0 Å². The molecule has 3 nitrogen and oxygen atoms in total. The predicted octanol–water partition coefficient (Wildman–Crippen LogP) is 2.79. The Morgan fingerprint density at radius 2 is 2.17 bits per heavy atom. The standard InChI is InChI=1S/C14H18BrN3/c1-2-18-8-7-13-12(9-18)14(17-16-13)10-3-5-11(15)6-4-10/h3-6,12,14,17H,2,7-9H2,1H3. The second-order valence-electron chi connectivity index (χ2n) is 5.01. The van der Waals surface area contributed by atoms with Crippen molar-refractivity contribution in [1.29, 1.82) is 0 Å². The molecule has 2 unspecified atom stereocenters. The van der Waals surface area contributed by atoms with Crippen molar-refractivity contribution in [3.05, 3.63) is 34.3 Å². The first-order valence-corrected chi connectivity index (χ1v) is 7.37. The Kier molecular flexibility index (Phi) is 3.39. The molecule has 18 heavy (non-hydrogen) atoms. The molecular weight excluding hydrogens is 290 g/mol. The molecule has 1 saturated heterocycles. The molecule has 2 heterocycles. The number of hydrogen-bond acceptors (Lipinski definition) is 3. The van der Waals surface area contributed by atoms with Crippen molar-refractivity contribution in [3.63, 3.8) is 0 Å². The van der Waals surface area contributed by atoms with Gasteiger partial charge in [-0.25, -0.2) is 0 Å². The Morgan fingerprint density at radius 3 is 2.89 bits per heavy atom. The van der Waals surface area contributed by atoms with Crippen molar-refractivity contribution < 1.29 is 0 Å². The maximum absolute atomic E-state index is 4.53. The minimum absolute atomic E-state index is 0.349. The highest BCUT2D eigenvalue weighted by Crippen LogP contribution is 2.32. The van der Waals surface area contributed by atoms with Crippen LogP contribution in [-0.2, 0) is 0 Å². The van der Waals surface area contributed by atoms with Crippen LogP contribution in [-0.4, -0.2) is 30.2 Å². The third-order valence-electron chi connectivity index (χ3n) is 3.99. The van der Waals surface area contributed by atoms with E-state index in [4.69, 9.17) is 0 Å². The van der Waals surface area contributed by atoms with Crippen LogP contribution >= 0.6 is 15.9 Å². The van der Waals surface area contributed by atoms with Gasteiger partial charge in [-0.15, -0.1) is 0 Å². The fourth-order valence-electron chi connectivity index (χ4n) is 2.88. The molecule has 96 valence electrons. The predicted molar refractivity (Wildman–Crippen MR) is 77.7 cm³/mol. The Hall–Kier alpha value is -0.870. The van der Waals surface area contributed by atoms with E-state index in [1.54, 1.807) is 0 Å². The average Bonchev–Trinajstić information content (AvgIpc) is 2.82. The van der Waals surface area contributed by atoms with Crippen LogP contribution in [0.4, 0.5) is 0 Å². The first-order chi connectivity index (χ1) is 8.78. The second kappa shape index (κ2) is 5.02. The van der Waals surface area contributed by atoms with E-state index in [1.807, 2.05) is 0 Å². The Labute approximate surface area is 116 Å². The van der Waals surface area contributed by atoms with Crippen molar-refractivity contribution in [2.75, 3.05) is 19.6 Å². The highest BCUT2D eigenvalue weighted by molar-refractivity contribution is 9.10. The largest absolute Gasteiger partial charge is 0.302 e. The zero-order valence-corrected chi connectivity index (χ0v) is 12.2. The summed E-state index contributed by atoms with van der Waals surface area (Å²) in [6.07, 6.45) is 1.11. The molecule has 0 amide bonds. The van der Waals surface area contributed by atoms with Gasteiger partial charge in [-0.1, -0.05) is 35.0 Å².